The zero-order valence-corrected chi connectivity index (χ0v) is 14.2. The molecule has 22 heavy (non-hydrogen) atoms. The minimum absolute atomic E-state index is 0.541. The molecule has 2 rings (SSSR count). The highest BCUT2D eigenvalue weighted by molar-refractivity contribution is 7.10. The van der Waals surface area contributed by atoms with Crippen molar-refractivity contribution in [1.29, 1.82) is 0 Å². The van der Waals surface area contributed by atoms with Gasteiger partial charge in [-0.2, -0.15) is 0 Å². The number of hydrogen-bond acceptors (Lipinski definition) is 6. The molecule has 0 amide bonds. The number of rotatable bonds is 7. The number of hydrogen-bond donors (Lipinski definition) is 2. The maximum atomic E-state index is 12.4. The summed E-state index contributed by atoms with van der Waals surface area (Å²) >= 11 is 1.37. The largest absolute Gasteiger partial charge is 0.441 e. The summed E-state index contributed by atoms with van der Waals surface area (Å²) in [6.07, 6.45) is 3.74. The molecule has 1 aliphatic carbocycles. The number of ether oxygens (including phenoxy) is 1. The standard InChI is InChI=1S/C16H26N2O3S/c1-17-10-11-18(2)16(8-4-3-5-9-16)21-15(20)14(19)13-7-6-12-22-13/h6-7,12,14,17,19H,3-5,8-11H2,1-2H3. The van der Waals surface area contributed by atoms with E-state index >= 15 is 0 Å². The second-order valence-electron chi connectivity index (χ2n) is 5.87. The van der Waals surface area contributed by atoms with Gasteiger partial charge in [-0.15, -0.1) is 11.3 Å². The molecule has 1 heterocycles. The fourth-order valence-corrected chi connectivity index (χ4v) is 3.65. The lowest BCUT2D eigenvalue weighted by molar-refractivity contribution is -0.199. The maximum Gasteiger partial charge on any atom is 0.342 e. The molecule has 1 aromatic rings. The quantitative estimate of drug-likeness (QED) is 0.594. The van der Waals surface area contributed by atoms with Crippen molar-refractivity contribution in [3.8, 4) is 0 Å². The van der Waals surface area contributed by atoms with Crippen LogP contribution in [0, 0.1) is 0 Å². The SMILES string of the molecule is CNCCN(C)C1(OC(=O)C(O)c2cccs2)CCCCC1. The molecular formula is C16H26N2O3S. The van der Waals surface area contributed by atoms with Crippen LogP contribution in [0.5, 0.6) is 0 Å². The fraction of sp³-hybridized carbons (Fsp3) is 0.688. The van der Waals surface area contributed by atoms with Gasteiger partial charge in [-0.3, -0.25) is 4.90 Å². The third-order valence-electron chi connectivity index (χ3n) is 4.35. The van der Waals surface area contributed by atoms with Gasteiger partial charge in [0, 0.05) is 30.8 Å². The molecule has 0 spiro atoms. The summed E-state index contributed by atoms with van der Waals surface area (Å²) in [4.78, 5) is 15.1. The van der Waals surface area contributed by atoms with Gasteiger partial charge in [0.25, 0.3) is 0 Å². The first kappa shape index (κ1) is 17.4. The molecule has 124 valence electrons. The van der Waals surface area contributed by atoms with Gasteiger partial charge in [0.05, 0.1) is 0 Å². The fourth-order valence-electron chi connectivity index (χ4n) is 2.96. The van der Waals surface area contributed by atoms with Crippen LogP contribution in [0.15, 0.2) is 17.5 Å². The van der Waals surface area contributed by atoms with E-state index in [2.05, 4.69) is 10.2 Å². The van der Waals surface area contributed by atoms with Crippen molar-refractivity contribution in [2.75, 3.05) is 27.2 Å². The van der Waals surface area contributed by atoms with Crippen molar-refractivity contribution in [1.82, 2.24) is 10.2 Å². The zero-order chi connectivity index (χ0) is 16.0. The molecule has 0 saturated heterocycles. The van der Waals surface area contributed by atoms with E-state index in [1.165, 1.54) is 17.8 Å². The van der Waals surface area contributed by atoms with Crippen LogP contribution in [0.1, 0.15) is 43.1 Å². The van der Waals surface area contributed by atoms with Crippen LogP contribution < -0.4 is 5.32 Å². The highest BCUT2D eigenvalue weighted by Crippen LogP contribution is 2.35. The van der Waals surface area contributed by atoms with Crippen LogP contribution in [-0.4, -0.2) is 48.9 Å². The van der Waals surface area contributed by atoms with Crippen molar-refractivity contribution >= 4 is 17.3 Å². The van der Waals surface area contributed by atoms with Crippen LogP contribution in [0.25, 0.3) is 0 Å². The Morgan fingerprint density at radius 3 is 2.82 bits per heavy atom. The molecule has 0 bridgehead atoms. The monoisotopic (exact) mass is 326 g/mol. The molecular weight excluding hydrogens is 300 g/mol. The lowest BCUT2D eigenvalue weighted by Crippen LogP contribution is -2.53. The lowest BCUT2D eigenvalue weighted by Gasteiger charge is -2.44. The van der Waals surface area contributed by atoms with Gasteiger partial charge in [0.2, 0.25) is 0 Å². The normalized spacial score (nSPS) is 19.1. The smallest absolute Gasteiger partial charge is 0.342 e. The Morgan fingerprint density at radius 2 is 2.23 bits per heavy atom. The van der Waals surface area contributed by atoms with E-state index in [-0.39, 0.29) is 0 Å². The minimum Gasteiger partial charge on any atom is -0.441 e. The maximum absolute atomic E-state index is 12.4. The van der Waals surface area contributed by atoms with Crippen LogP contribution >= 0.6 is 11.3 Å². The van der Waals surface area contributed by atoms with E-state index in [1.807, 2.05) is 25.5 Å². The average molecular weight is 326 g/mol. The van der Waals surface area contributed by atoms with E-state index in [4.69, 9.17) is 4.74 Å². The molecule has 1 unspecified atom stereocenters. The Hall–Kier alpha value is -0.950. The van der Waals surface area contributed by atoms with Crippen molar-refractivity contribution in [3.05, 3.63) is 22.4 Å². The molecule has 1 fully saturated rings. The molecule has 0 aromatic carbocycles. The minimum atomic E-state index is -1.18. The van der Waals surface area contributed by atoms with Crippen LogP contribution in [-0.2, 0) is 9.53 Å². The third-order valence-corrected chi connectivity index (χ3v) is 5.28. The van der Waals surface area contributed by atoms with Crippen LogP contribution in [0.4, 0.5) is 0 Å². The number of nitrogens with one attached hydrogen (secondary N) is 1. The molecule has 6 heteroatoms. The number of esters is 1. The average Bonchev–Trinajstić information content (AvgIpc) is 3.07. The van der Waals surface area contributed by atoms with E-state index in [0.717, 1.165) is 38.8 Å². The Labute approximate surface area is 136 Å². The van der Waals surface area contributed by atoms with E-state index in [1.54, 1.807) is 6.07 Å². The first-order chi connectivity index (χ1) is 10.6. The van der Waals surface area contributed by atoms with E-state index < -0.39 is 17.8 Å². The molecule has 2 N–H and O–H groups in total. The summed E-state index contributed by atoms with van der Waals surface area (Å²) < 4.78 is 5.84. The van der Waals surface area contributed by atoms with Gasteiger partial charge in [0.15, 0.2) is 11.8 Å². The van der Waals surface area contributed by atoms with Gasteiger partial charge in [-0.25, -0.2) is 4.79 Å². The van der Waals surface area contributed by atoms with Crippen molar-refractivity contribution in [2.24, 2.45) is 0 Å². The van der Waals surface area contributed by atoms with Crippen molar-refractivity contribution in [3.63, 3.8) is 0 Å². The molecule has 0 aliphatic heterocycles. The molecule has 1 aliphatic rings. The van der Waals surface area contributed by atoms with Gasteiger partial charge < -0.3 is 15.2 Å². The molecule has 5 nitrogen and oxygen atoms in total. The second-order valence-corrected chi connectivity index (χ2v) is 6.85. The predicted octanol–water partition coefficient (Wildman–Crippen LogP) is 2.14. The lowest BCUT2D eigenvalue weighted by atomic mass is 9.90. The first-order valence-corrected chi connectivity index (χ1v) is 8.77. The Bertz CT molecular complexity index is 458. The number of nitrogens with zero attached hydrogens (tertiary/aromatic N) is 1. The number of likely N-dealkylation sites (N-methyl/N-ethyl adjacent to an activating group) is 2. The molecule has 0 radical (unpaired) electrons. The second kappa shape index (κ2) is 8.06. The molecule has 1 saturated carbocycles. The van der Waals surface area contributed by atoms with E-state index in [9.17, 15) is 9.90 Å². The van der Waals surface area contributed by atoms with Gasteiger partial charge in [-0.05, 0) is 38.4 Å². The molecule has 1 aromatic heterocycles. The van der Waals surface area contributed by atoms with Gasteiger partial charge >= 0.3 is 5.97 Å². The summed E-state index contributed by atoms with van der Waals surface area (Å²) in [7, 11) is 3.90. The number of aliphatic hydroxyl groups excluding tert-OH is 1. The summed E-state index contributed by atoms with van der Waals surface area (Å²) in [6, 6.07) is 3.58. The summed E-state index contributed by atoms with van der Waals surface area (Å²) in [6.45, 7) is 1.64. The number of carbonyl (C=O) groups is 1. The number of aliphatic hydroxyl groups is 1. The first-order valence-electron chi connectivity index (χ1n) is 7.89. The molecule has 1 atom stereocenters. The topological polar surface area (TPSA) is 61.8 Å². The third kappa shape index (κ3) is 4.07. The Balaban J connectivity index is 2.07. The summed E-state index contributed by atoms with van der Waals surface area (Å²) in [5, 5.41) is 15.2. The Kier molecular flexibility index (Phi) is 6.37. The van der Waals surface area contributed by atoms with E-state index in [0.29, 0.717) is 4.88 Å². The number of thiophene rings is 1. The van der Waals surface area contributed by atoms with Crippen molar-refractivity contribution < 1.29 is 14.6 Å². The zero-order valence-electron chi connectivity index (χ0n) is 13.4. The van der Waals surface area contributed by atoms with Gasteiger partial charge in [-0.1, -0.05) is 12.5 Å². The number of carbonyl (C=O) groups excluding carboxylic acids is 1. The summed E-state index contributed by atoms with van der Waals surface area (Å²) in [5.74, 6) is -0.541. The van der Waals surface area contributed by atoms with Crippen molar-refractivity contribution in [2.45, 2.75) is 43.9 Å². The van der Waals surface area contributed by atoms with Gasteiger partial charge in [0.1, 0.15) is 0 Å². The summed E-state index contributed by atoms with van der Waals surface area (Å²) in [5.41, 5.74) is -0.579. The Morgan fingerprint density at radius 1 is 1.50 bits per heavy atom. The highest BCUT2D eigenvalue weighted by Gasteiger charge is 2.41. The van der Waals surface area contributed by atoms with Crippen LogP contribution in [0.3, 0.4) is 0 Å². The highest BCUT2D eigenvalue weighted by atomic mass is 32.1. The van der Waals surface area contributed by atoms with Crippen LogP contribution in [0.2, 0.25) is 0 Å². The predicted molar refractivity (Wildman–Crippen MR) is 87.7 cm³/mol.